The van der Waals surface area contributed by atoms with Crippen molar-refractivity contribution in [2.45, 2.75) is 18.9 Å². The third-order valence-electron chi connectivity index (χ3n) is 4.93. The first-order chi connectivity index (χ1) is 14.2. The second kappa shape index (κ2) is 9.73. The Morgan fingerprint density at radius 2 is 1.34 bits per heavy atom. The first kappa shape index (κ1) is 20.4. The third-order valence-corrected chi connectivity index (χ3v) is 4.93. The standard InChI is InChI=1S/C24H25NO4/c1-28-23(26)20-15-9-10-16-25(17-21(20)24(27)29-2)22(18-11-5-3-6-12-18)19-13-7-4-8-14-19/h3-8,11-15,17,22H,9-10,16H2,1-2H3/b20-15+,21-17+. The highest BCUT2D eigenvalue weighted by atomic mass is 16.5. The number of carbonyl (C=O) groups is 2. The first-order valence-electron chi connectivity index (χ1n) is 9.60. The number of allylic oxidation sites excluding steroid dienone is 1. The summed E-state index contributed by atoms with van der Waals surface area (Å²) >= 11 is 0. The molecule has 29 heavy (non-hydrogen) atoms. The average Bonchev–Trinajstić information content (AvgIpc) is 2.76. The van der Waals surface area contributed by atoms with Crippen LogP contribution in [-0.4, -0.2) is 37.6 Å². The fraction of sp³-hybridized carbons (Fsp3) is 0.250. The van der Waals surface area contributed by atoms with Crippen molar-refractivity contribution in [1.82, 2.24) is 4.90 Å². The predicted molar refractivity (Wildman–Crippen MR) is 111 cm³/mol. The second-order valence-corrected chi connectivity index (χ2v) is 6.75. The molecule has 0 fully saturated rings. The zero-order valence-electron chi connectivity index (χ0n) is 16.7. The van der Waals surface area contributed by atoms with E-state index in [4.69, 9.17) is 9.47 Å². The molecule has 0 saturated heterocycles. The van der Waals surface area contributed by atoms with Gasteiger partial charge >= 0.3 is 11.9 Å². The van der Waals surface area contributed by atoms with Gasteiger partial charge in [0.05, 0.1) is 31.4 Å². The van der Waals surface area contributed by atoms with E-state index in [-0.39, 0.29) is 17.2 Å². The molecule has 0 bridgehead atoms. The van der Waals surface area contributed by atoms with Crippen molar-refractivity contribution in [3.8, 4) is 0 Å². The summed E-state index contributed by atoms with van der Waals surface area (Å²) in [5.41, 5.74) is 2.64. The SMILES string of the molecule is COC(=O)C1=C/CCCN(C(c2ccccc2)c2ccccc2)/C=C\1C(=O)OC. The highest BCUT2D eigenvalue weighted by Gasteiger charge is 2.27. The maximum absolute atomic E-state index is 12.5. The number of methoxy groups -OCH3 is 2. The second-order valence-electron chi connectivity index (χ2n) is 6.75. The van der Waals surface area contributed by atoms with Gasteiger partial charge in [0.25, 0.3) is 0 Å². The minimum atomic E-state index is -0.562. The van der Waals surface area contributed by atoms with Gasteiger partial charge in [0, 0.05) is 12.7 Å². The number of rotatable bonds is 5. The molecule has 150 valence electrons. The minimum absolute atomic E-state index is 0.103. The van der Waals surface area contributed by atoms with E-state index in [2.05, 4.69) is 29.2 Å². The summed E-state index contributed by atoms with van der Waals surface area (Å²) in [5.74, 6) is -1.10. The van der Waals surface area contributed by atoms with Crippen LogP contribution in [0.25, 0.3) is 0 Å². The van der Waals surface area contributed by atoms with Gasteiger partial charge in [-0.05, 0) is 24.0 Å². The molecular weight excluding hydrogens is 366 g/mol. The monoisotopic (exact) mass is 391 g/mol. The molecule has 2 aromatic carbocycles. The molecule has 2 aromatic rings. The van der Waals surface area contributed by atoms with Crippen LogP contribution in [0.5, 0.6) is 0 Å². The maximum atomic E-state index is 12.5. The van der Waals surface area contributed by atoms with Crippen LogP contribution < -0.4 is 0 Å². The number of carbonyl (C=O) groups excluding carboxylic acids is 2. The van der Waals surface area contributed by atoms with Crippen LogP contribution in [0.2, 0.25) is 0 Å². The van der Waals surface area contributed by atoms with Crippen LogP contribution in [0.1, 0.15) is 30.0 Å². The van der Waals surface area contributed by atoms with E-state index in [1.54, 1.807) is 12.3 Å². The van der Waals surface area contributed by atoms with Gasteiger partial charge in [0.15, 0.2) is 0 Å². The summed E-state index contributed by atoms with van der Waals surface area (Å²) in [5, 5.41) is 0. The van der Waals surface area contributed by atoms with Crippen molar-refractivity contribution >= 4 is 11.9 Å². The normalized spacial score (nSPS) is 18.0. The van der Waals surface area contributed by atoms with Crippen LogP contribution in [0.3, 0.4) is 0 Å². The summed E-state index contributed by atoms with van der Waals surface area (Å²) < 4.78 is 9.87. The van der Waals surface area contributed by atoms with Crippen LogP contribution in [0.15, 0.2) is 84.1 Å². The number of esters is 2. The molecule has 0 amide bonds. The van der Waals surface area contributed by atoms with E-state index < -0.39 is 11.9 Å². The zero-order valence-corrected chi connectivity index (χ0v) is 16.7. The topological polar surface area (TPSA) is 55.8 Å². The van der Waals surface area contributed by atoms with Gasteiger partial charge in [-0.2, -0.15) is 0 Å². The lowest BCUT2D eigenvalue weighted by atomic mass is 9.95. The largest absolute Gasteiger partial charge is 0.465 e. The Morgan fingerprint density at radius 3 is 1.86 bits per heavy atom. The van der Waals surface area contributed by atoms with Crippen molar-refractivity contribution < 1.29 is 19.1 Å². The Kier molecular flexibility index (Phi) is 6.85. The molecule has 0 N–H and O–H groups in total. The highest BCUT2D eigenvalue weighted by Crippen LogP contribution is 2.32. The maximum Gasteiger partial charge on any atom is 0.340 e. The summed E-state index contributed by atoms with van der Waals surface area (Å²) in [6, 6.07) is 20.1. The Labute approximate surface area is 171 Å². The predicted octanol–water partition coefficient (Wildman–Crippen LogP) is 4.03. The molecule has 3 rings (SSSR count). The fourth-order valence-corrected chi connectivity index (χ4v) is 3.56. The molecule has 0 aliphatic carbocycles. The van der Waals surface area contributed by atoms with Crippen molar-refractivity contribution in [3.05, 3.63) is 95.2 Å². The van der Waals surface area contributed by atoms with E-state index in [1.165, 1.54) is 14.2 Å². The zero-order chi connectivity index (χ0) is 20.6. The molecule has 5 nitrogen and oxygen atoms in total. The molecule has 0 aromatic heterocycles. The Bertz CT molecular complexity index is 863. The van der Waals surface area contributed by atoms with Gasteiger partial charge < -0.3 is 14.4 Å². The van der Waals surface area contributed by atoms with E-state index in [9.17, 15) is 9.59 Å². The van der Waals surface area contributed by atoms with Crippen molar-refractivity contribution in [1.29, 1.82) is 0 Å². The van der Waals surface area contributed by atoms with E-state index >= 15 is 0 Å². The van der Waals surface area contributed by atoms with Gasteiger partial charge in [-0.3, -0.25) is 0 Å². The Morgan fingerprint density at radius 1 is 0.828 bits per heavy atom. The number of benzene rings is 2. The number of hydrogen-bond acceptors (Lipinski definition) is 5. The van der Waals surface area contributed by atoms with Crippen LogP contribution in [0.4, 0.5) is 0 Å². The van der Waals surface area contributed by atoms with Crippen LogP contribution in [-0.2, 0) is 19.1 Å². The lowest BCUT2D eigenvalue weighted by molar-refractivity contribution is -0.139. The molecule has 0 saturated carbocycles. The van der Waals surface area contributed by atoms with Crippen LogP contribution >= 0.6 is 0 Å². The molecule has 0 spiro atoms. The first-order valence-corrected chi connectivity index (χ1v) is 9.60. The molecule has 0 atom stereocenters. The van der Waals surface area contributed by atoms with Crippen molar-refractivity contribution in [2.24, 2.45) is 0 Å². The number of nitrogens with zero attached hydrogens (tertiary/aromatic N) is 1. The summed E-state index contributed by atoms with van der Waals surface area (Å²) in [7, 11) is 2.62. The number of hydrogen-bond donors (Lipinski definition) is 0. The van der Waals surface area contributed by atoms with Gasteiger partial charge in [0.1, 0.15) is 0 Å². The molecular formula is C24H25NO4. The lowest BCUT2D eigenvalue weighted by Crippen LogP contribution is -2.29. The smallest absolute Gasteiger partial charge is 0.340 e. The van der Waals surface area contributed by atoms with E-state index in [0.29, 0.717) is 6.42 Å². The highest BCUT2D eigenvalue weighted by molar-refractivity contribution is 6.06. The third kappa shape index (κ3) is 4.74. The fourth-order valence-electron chi connectivity index (χ4n) is 3.56. The van der Waals surface area contributed by atoms with Crippen molar-refractivity contribution in [3.63, 3.8) is 0 Å². The molecule has 0 unspecified atom stereocenters. The number of ether oxygens (including phenoxy) is 2. The molecule has 1 aliphatic rings. The van der Waals surface area contributed by atoms with Gasteiger partial charge in [-0.15, -0.1) is 0 Å². The Balaban J connectivity index is 2.13. The van der Waals surface area contributed by atoms with Gasteiger partial charge in [-0.1, -0.05) is 66.7 Å². The molecule has 5 heteroatoms. The van der Waals surface area contributed by atoms with E-state index in [0.717, 1.165) is 24.1 Å². The van der Waals surface area contributed by atoms with Gasteiger partial charge in [-0.25, -0.2) is 9.59 Å². The lowest BCUT2D eigenvalue weighted by Gasteiger charge is -2.33. The molecule has 1 aliphatic heterocycles. The van der Waals surface area contributed by atoms with Gasteiger partial charge in [0.2, 0.25) is 0 Å². The summed E-state index contributed by atoms with van der Waals surface area (Å²) in [6.45, 7) is 0.722. The average molecular weight is 391 g/mol. The molecule has 0 radical (unpaired) electrons. The van der Waals surface area contributed by atoms with E-state index in [1.807, 2.05) is 36.4 Å². The summed E-state index contributed by atoms with van der Waals surface area (Å²) in [6.07, 6.45) is 4.98. The summed E-state index contributed by atoms with van der Waals surface area (Å²) in [4.78, 5) is 27.0. The quantitative estimate of drug-likeness (QED) is 0.721. The Hall–Kier alpha value is -3.34. The van der Waals surface area contributed by atoms with Crippen LogP contribution in [0, 0.1) is 0 Å². The van der Waals surface area contributed by atoms with Crippen molar-refractivity contribution in [2.75, 3.05) is 20.8 Å². The minimum Gasteiger partial charge on any atom is -0.465 e. The molecule has 1 heterocycles.